The summed E-state index contributed by atoms with van der Waals surface area (Å²) in [6.07, 6.45) is -0.117. The van der Waals surface area contributed by atoms with E-state index in [9.17, 15) is 14.9 Å². The van der Waals surface area contributed by atoms with Gasteiger partial charge in [-0.15, -0.1) is 0 Å². The number of nitro benzene ring substituents is 1. The van der Waals surface area contributed by atoms with Crippen molar-refractivity contribution in [2.45, 2.75) is 11.8 Å². The van der Waals surface area contributed by atoms with Crippen molar-refractivity contribution in [3.8, 4) is 0 Å². The molecule has 0 N–H and O–H groups in total. The minimum atomic E-state index is -0.508. The number of nitrogens with zero attached hydrogens (tertiary/aromatic N) is 1. The van der Waals surface area contributed by atoms with E-state index in [2.05, 4.69) is 36.6 Å². The maximum Gasteiger partial charge on any atom is 0.310 e. The van der Waals surface area contributed by atoms with Crippen molar-refractivity contribution in [1.29, 1.82) is 0 Å². The van der Waals surface area contributed by atoms with Gasteiger partial charge in [0.15, 0.2) is 0 Å². The van der Waals surface area contributed by atoms with Gasteiger partial charge in [-0.1, -0.05) is 31.9 Å². The number of esters is 1. The molecular formula is C10H9Br2NO4. The summed E-state index contributed by atoms with van der Waals surface area (Å²) in [6, 6.07) is 3.02. The van der Waals surface area contributed by atoms with Crippen LogP contribution in [0.25, 0.3) is 0 Å². The molecule has 0 unspecified atom stereocenters. The Hall–Kier alpha value is -0.950. The summed E-state index contributed by atoms with van der Waals surface area (Å²) in [5.74, 6) is -0.508. The molecule has 1 aromatic carbocycles. The molecule has 1 rings (SSSR count). The van der Waals surface area contributed by atoms with Crippen LogP contribution in [0.4, 0.5) is 5.69 Å². The first-order valence-electron chi connectivity index (χ1n) is 4.58. The Morgan fingerprint density at radius 2 is 2.12 bits per heavy atom. The van der Waals surface area contributed by atoms with Crippen LogP contribution in [-0.4, -0.2) is 18.0 Å². The fourth-order valence-corrected chi connectivity index (χ4v) is 2.66. The van der Waals surface area contributed by atoms with Crippen LogP contribution in [0.5, 0.6) is 0 Å². The van der Waals surface area contributed by atoms with Gasteiger partial charge in [-0.2, -0.15) is 0 Å². The van der Waals surface area contributed by atoms with E-state index >= 15 is 0 Å². The fraction of sp³-hybridized carbons (Fsp3) is 0.300. The van der Waals surface area contributed by atoms with Gasteiger partial charge in [0.2, 0.25) is 0 Å². The Kier molecular flexibility index (Phi) is 5.07. The highest BCUT2D eigenvalue weighted by Crippen LogP contribution is 2.29. The quantitative estimate of drug-likeness (QED) is 0.355. The first kappa shape index (κ1) is 14.1. The molecular weight excluding hydrogens is 358 g/mol. The van der Waals surface area contributed by atoms with Crippen molar-refractivity contribution in [3.05, 3.63) is 37.8 Å². The highest BCUT2D eigenvalue weighted by atomic mass is 79.9. The Morgan fingerprint density at radius 1 is 1.47 bits per heavy atom. The third-order valence-corrected chi connectivity index (χ3v) is 3.49. The molecule has 0 amide bonds. The summed E-state index contributed by atoms with van der Waals surface area (Å²) < 4.78 is 5.22. The monoisotopic (exact) mass is 365 g/mol. The number of benzene rings is 1. The third kappa shape index (κ3) is 3.50. The summed E-state index contributed by atoms with van der Waals surface area (Å²) in [7, 11) is 1.25. The molecule has 0 aliphatic carbocycles. The van der Waals surface area contributed by atoms with E-state index in [1.807, 2.05) is 0 Å². The molecule has 0 atom stereocenters. The maximum atomic E-state index is 11.2. The first-order chi connectivity index (χ1) is 7.99. The molecule has 17 heavy (non-hydrogen) atoms. The lowest BCUT2D eigenvalue weighted by atomic mass is 10.1. The van der Waals surface area contributed by atoms with Crippen LogP contribution in [-0.2, 0) is 21.3 Å². The van der Waals surface area contributed by atoms with Gasteiger partial charge in [0, 0.05) is 21.4 Å². The van der Waals surface area contributed by atoms with Crippen molar-refractivity contribution >= 4 is 43.5 Å². The summed E-state index contributed by atoms with van der Waals surface area (Å²) in [5.41, 5.74) is 1.01. The molecule has 7 heteroatoms. The summed E-state index contributed by atoms with van der Waals surface area (Å²) in [5, 5.41) is 11.4. The van der Waals surface area contributed by atoms with Crippen molar-refractivity contribution in [2.75, 3.05) is 7.11 Å². The molecule has 0 saturated heterocycles. The lowest BCUT2D eigenvalue weighted by Gasteiger charge is -2.06. The SMILES string of the molecule is COC(=O)Cc1cc(Br)c(CBr)cc1[N+](=O)[O-]. The largest absolute Gasteiger partial charge is 0.469 e. The van der Waals surface area contributed by atoms with Crippen LogP contribution in [0.3, 0.4) is 0 Å². The van der Waals surface area contributed by atoms with E-state index in [0.29, 0.717) is 10.9 Å². The highest BCUT2D eigenvalue weighted by Gasteiger charge is 2.19. The van der Waals surface area contributed by atoms with Gasteiger partial charge in [-0.05, 0) is 11.6 Å². The Labute approximate surface area is 115 Å². The van der Waals surface area contributed by atoms with Crippen molar-refractivity contribution in [3.63, 3.8) is 0 Å². The number of hydrogen-bond donors (Lipinski definition) is 0. The molecule has 0 heterocycles. The van der Waals surface area contributed by atoms with E-state index in [0.717, 1.165) is 10.0 Å². The number of carbonyl (C=O) groups is 1. The minimum absolute atomic E-state index is 0.0759. The van der Waals surface area contributed by atoms with Crippen LogP contribution >= 0.6 is 31.9 Å². The lowest BCUT2D eigenvalue weighted by molar-refractivity contribution is -0.385. The van der Waals surface area contributed by atoms with E-state index in [1.165, 1.54) is 13.2 Å². The van der Waals surface area contributed by atoms with Crippen molar-refractivity contribution in [2.24, 2.45) is 0 Å². The molecule has 0 radical (unpaired) electrons. The zero-order valence-electron chi connectivity index (χ0n) is 8.91. The number of hydrogen-bond acceptors (Lipinski definition) is 4. The molecule has 0 bridgehead atoms. The second kappa shape index (κ2) is 6.11. The van der Waals surface area contributed by atoms with Crippen LogP contribution in [0, 0.1) is 10.1 Å². The number of ether oxygens (including phenoxy) is 1. The number of alkyl halides is 1. The van der Waals surface area contributed by atoms with Gasteiger partial charge in [-0.3, -0.25) is 14.9 Å². The summed E-state index contributed by atoms with van der Waals surface area (Å²) in [4.78, 5) is 21.5. The van der Waals surface area contributed by atoms with Gasteiger partial charge in [0.05, 0.1) is 18.5 Å². The Balaban J connectivity index is 3.23. The van der Waals surface area contributed by atoms with Gasteiger partial charge in [-0.25, -0.2) is 0 Å². The zero-order valence-corrected chi connectivity index (χ0v) is 12.1. The molecule has 0 aliphatic heterocycles. The molecule has 92 valence electrons. The number of methoxy groups -OCH3 is 1. The molecule has 0 aliphatic rings. The summed E-state index contributed by atoms with van der Waals surface area (Å²) >= 11 is 6.53. The Bertz CT molecular complexity index is 462. The third-order valence-electron chi connectivity index (χ3n) is 2.15. The van der Waals surface area contributed by atoms with Gasteiger partial charge < -0.3 is 4.74 Å². The predicted octanol–water partition coefficient (Wildman–Crippen LogP) is 2.97. The topological polar surface area (TPSA) is 69.4 Å². The lowest BCUT2D eigenvalue weighted by Crippen LogP contribution is -2.07. The second-order valence-corrected chi connectivity index (χ2v) is 4.63. The number of carbonyl (C=O) groups excluding carboxylic acids is 1. The smallest absolute Gasteiger partial charge is 0.310 e. The average Bonchev–Trinajstić information content (AvgIpc) is 2.28. The number of rotatable bonds is 4. The Morgan fingerprint density at radius 3 is 2.59 bits per heavy atom. The van der Waals surface area contributed by atoms with Crippen molar-refractivity contribution in [1.82, 2.24) is 0 Å². The van der Waals surface area contributed by atoms with Crippen LogP contribution in [0.2, 0.25) is 0 Å². The molecule has 0 spiro atoms. The maximum absolute atomic E-state index is 11.2. The summed E-state index contributed by atoms with van der Waals surface area (Å²) in [6.45, 7) is 0. The average molecular weight is 367 g/mol. The first-order valence-corrected chi connectivity index (χ1v) is 6.49. The van der Waals surface area contributed by atoms with E-state index in [1.54, 1.807) is 6.07 Å². The number of nitro groups is 1. The molecule has 0 saturated carbocycles. The van der Waals surface area contributed by atoms with E-state index in [-0.39, 0.29) is 12.1 Å². The minimum Gasteiger partial charge on any atom is -0.469 e. The van der Waals surface area contributed by atoms with Crippen molar-refractivity contribution < 1.29 is 14.5 Å². The van der Waals surface area contributed by atoms with Crippen LogP contribution in [0.15, 0.2) is 16.6 Å². The predicted molar refractivity (Wildman–Crippen MR) is 69.1 cm³/mol. The van der Waals surface area contributed by atoms with Crippen LogP contribution < -0.4 is 0 Å². The van der Waals surface area contributed by atoms with E-state index < -0.39 is 10.9 Å². The molecule has 1 aromatic rings. The molecule has 0 aromatic heterocycles. The van der Waals surface area contributed by atoms with Crippen LogP contribution in [0.1, 0.15) is 11.1 Å². The fourth-order valence-electron chi connectivity index (χ4n) is 1.29. The van der Waals surface area contributed by atoms with Gasteiger partial charge >= 0.3 is 5.97 Å². The van der Waals surface area contributed by atoms with Gasteiger partial charge in [0.25, 0.3) is 5.69 Å². The zero-order chi connectivity index (χ0) is 13.0. The van der Waals surface area contributed by atoms with E-state index in [4.69, 9.17) is 0 Å². The van der Waals surface area contributed by atoms with Gasteiger partial charge in [0.1, 0.15) is 0 Å². The highest BCUT2D eigenvalue weighted by molar-refractivity contribution is 9.10. The molecule has 0 fully saturated rings. The normalized spacial score (nSPS) is 10.1. The number of halogens is 2. The second-order valence-electron chi connectivity index (χ2n) is 3.22. The standard InChI is InChI=1S/C10H9Br2NO4/c1-17-10(14)4-6-2-8(12)7(5-11)3-9(6)13(15)16/h2-3H,4-5H2,1H3. The molecule has 5 nitrogen and oxygen atoms in total.